The summed E-state index contributed by atoms with van der Waals surface area (Å²) in [5.41, 5.74) is 3.08. The van der Waals surface area contributed by atoms with E-state index in [1.165, 1.54) is 13.4 Å². The summed E-state index contributed by atoms with van der Waals surface area (Å²) in [4.78, 5) is 10.1. The molecule has 11 heteroatoms. The molecular weight excluding hydrogens is 394 g/mol. The molecule has 1 N–H and O–H groups in total. The van der Waals surface area contributed by atoms with Crippen molar-refractivity contribution in [2.24, 2.45) is 0 Å². The maximum atomic E-state index is 14.4. The summed E-state index contributed by atoms with van der Waals surface area (Å²) in [5, 5.41) is 11.4. The molecule has 0 saturated carbocycles. The second kappa shape index (κ2) is 6.87. The molecule has 5 heterocycles. The van der Waals surface area contributed by atoms with Crippen molar-refractivity contribution < 1.29 is 13.5 Å². The van der Waals surface area contributed by atoms with Crippen molar-refractivity contribution >= 4 is 17.1 Å². The zero-order chi connectivity index (χ0) is 20.9. The Kier molecular flexibility index (Phi) is 4.28. The summed E-state index contributed by atoms with van der Waals surface area (Å²) in [5.74, 6) is -2.49. The molecule has 30 heavy (non-hydrogen) atoms. The SMILES string of the molecule is COc1nc(NC2CCN(C)CC2(F)F)nn2ccc(-c3ccc4ncnn4c3)c12. The minimum atomic E-state index is -2.88. The summed E-state index contributed by atoms with van der Waals surface area (Å²) in [6.07, 6.45) is 5.38. The lowest BCUT2D eigenvalue weighted by Crippen LogP contribution is -2.53. The van der Waals surface area contributed by atoms with Crippen LogP contribution in [0.3, 0.4) is 0 Å². The third-order valence-electron chi connectivity index (χ3n) is 5.35. The van der Waals surface area contributed by atoms with Crippen LogP contribution >= 0.6 is 0 Å². The number of nitrogens with zero attached hydrogens (tertiary/aromatic N) is 7. The van der Waals surface area contributed by atoms with Gasteiger partial charge in [-0.25, -0.2) is 22.8 Å². The number of nitrogens with one attached hydrogen (secondary N) is 1. The van der Waals surface area contributed by atoms with Crippen LogP contribution < -0.4 is 10.1 Å². The fraction of sp³-hybridized carbons (Fsp3) is 0.368. The van der Waals surface area contributed by atoms with Gasteiger partial charge in [0.15, 0.2) is 5.65 Å². The molecular formula is C19H20F2N8O. The van der Waals surface area contributed by atoms with E-state index in [0.717, 1.165) is 16.8 Å². The number of rotatable bonds is 4. The normalized spacial score (nSPS) is 19.4. The summed E-state index contributed by atoms with van der Waals surface area (Å²) >= 11 is 0. The third-order valence-corrected chi connectivity index (χ3v) is 5.35. The predicted molar refractivity (Wildman–Crippen MR) is 106 cm³/mol. The van der Waals surface area contributed by atoms with E-state index in [2.05, 4.69) is 25.5 Å². The number of anilines is 1. The minimum absolute atomic E-state index is 0.0995. The Morgan fingerprint density at radius 2 is 2.10 bits per heavy atom. The van der Waals surface area contributed by atoms with E-state index < -0.39 is 12.0 Å². The predicted octanol–water partition coefficient (Wildman–Crippen LogP) is 2.20. The summed E-state index contributed by atoms with van der Waals surface area (Å²) < 4.78 is 37.6. The van der Waals surface area contributed by atoms with Crippen molar-refractivity contribution in [2.75, 3.05) is 32.6 Å². The van der Waals surface area contributed by atoms with Gasteiger partial charge in [0.25, 0.3) is 5.92 Å². The molecule has 1 saturated heterocycles. The molecule has 4 aromatic heterocycles. The van der Waals surface area contributed by atoms with E-state index >= 15 is 0 Å². The van der Waals surface area contributed by atoms with Gasteiger partial charge in [-0.05, 0) is 31.7 Å². The van der Waals surface area contributed by atoms with Gasteiger partial charge in [-0.2, -0.15) is 10.1 Å². The molecule has 1 aliphatic rings. The van der Waals surface area contributed by atoms with Crippen molar-refractivity contribution in [3.8, 4) is 17.0 Å². The highest BCUT2D eigenvalue weighted by atomic mass is 19.3. The summed E-state index contributed by atoms with van der Waals surface area (Å²) in [6, 6.07) is 4.61. The lowest BCUT2D eigenvalue weighted by molar-refractivity contribution is -0.0675. The Morgan fingerprint density at radius 1 is 1.23 bits per heavy atom. The Hall–Kier alpha value is -3.34. The second-order valence-corrected chi connectivity index (χ2v) is 7.43. The van der Waals surface area contributed by atoms with Gasteiger partial charge in [0.2, 0.25) is 11.8 Å². The monoisotopic (exact) mass is 414 g/mol. The van der Waals surface area contributed by atoms with Gasteiger partial charge in [0, 0.05) is 30.1 Å². The van der Waals surface area contributed by atoms with Gasteiger partial charge in [-0.1, -0.05) is 0 Å². The van der Waals surface area contributed by atoms with Gasteiger partial charge >= 0.3 is 0 Å². The van der Waals surface area contributed by atoms with Crippen LogP contribution in [0, 0.1) is 0 Å². The number of ether oxygens (including phenoxy) is 1. The lowest BCUT2D eigenvalue weighted by atomic mass is 10.0. The third kappa shape index (κ3) is 3.11. The van der Waals surface area contributed by atoms with Crippen molar-refractivity contribution in [2.45, 2.75) is 18.4 Å². The largest absolute Gasteiger partial charge is 0.479 e. The van der Waals surface area contributed by atoms with Crippen molar-refractivity contribution in [1.82, 2.24) is 34.1 Å². The number of hydrogen-bond acceptors (Lipinski definition) is 7. The molecule has 1 atom stereocenters. The number of halogens is 2. The second-order valence-electron chi connectivity index (χ2n) is 7.43. The van der Waals surface area contributed by atoms with E-state index in [-0.39, 0.29) is 12.5 Å². The molecule has 0 spiro atoms. The van der Waals surface area contributed by atoms with Gasteiger partial charge in [0.05, 0.1) is 19.7 Å². The number of aromatic nitrogens is 6. The van der Waals surface area contributed by atoms with Gasteiger partial charge in [-0.15, -0.1) is 5.10 Å². The fourth-order valence-electron chi connectivity index (χ4n) is 3.85. The minimum Gasteiger partial charge on any atom is -0.479 e. The summed E-state index contributed by atoms with van der Waals surface area (Å²) in [7, 11) is 3.18. The first-order valence-corrected chi connectivity index (χ1v) is 9.50. The molecule has 1 aliphatic heterocycles. The average Bonchev–Trinajstić information content (AvgIpc) is 3.35. The number of piperidine rings is 1. The molecule has 0 radical (unpaired) electrons. The maximum Gasteiger partial charge on any atom is 0.280 e. The molecule has 4 aromatic rings. The van der Waals surface area contributed by atoms with Crippen LogP contribution in [-0.2, 0) is 0 Å². The van der Waals surface area contributed by atoms with E-state index in [0.29, 0.717) is 24.4 Å². The Balaban J connectivity index is 1.53. The first-order chi connectivity index (χ1) is 14.4. The number of methoxy groups -OCH3 is 1. The quantitative estimate of drug-likeness (QED) is 0.548. The Labute approximate surface area is 170 Å². The highest BCUT2D eigenvalue weighted by Gasteiger charge is 2.44. The fourth-order valence-corrected chi connectivity index (χ4v) is 3.85. The van der Waals surface area contributed by atoms with Crippen LogP contribution in [0.4, 0.5) is 14.7 Å². The van der Waals surface area contributed by atoms with Crippen molar-refractivity contribution in [1.29, 1.82) is 0 Å². The molecule has 1 fully saturated rings. The number of alkyl halides is 2. The van der Waals surface area contributed by atoms with E-state index in [1.807, 2.05) is 24.4 Å². The smallest absolute Gasteiger partial charge is 0.280 e. The molecule has 0 amide bonds. The zero-order valence-electron chi connectivity index (χ0n) is 16.5. The number of hydrogen-bond donors (Lipinski definition) is 1. The van der Waals surface area contributed by atoms with Gasteiger partial charge in [-0.3, -0.25) is 0 Å². The highest BCUT2D eigenvalue weighted by Crippen LogP contribution is 2.33. The average molecular weight is 414 g/mol. The number of likely N-dealkylation sites (tertiary alicyclic amines) is 1. The summed E-state index contributed by atoms with van der Waals surface area (Å²) in [6.45, 7) is 0.271. The van der Waals surface area contributed by atoms with Crippen molar-refractivity contribution in [3.63, 3.8) is 0 Å². The van der Waals surface area contributed by atoms with Crippen LogP contribution in [0.1, 0.15) is 6.42 Å². The molecule has 5 rings (SSSR count). The van der Waals surface area contributed by atoms with E-state index in [9.17, 15) is 8.78 Å². The molecule has 0 aromatic carbocycles. The first kappa shape index (κ1) is 18.7. The van der Waals surface area contributed by atoms with Crippen LogP contribution in [0.5, 0.6) is 5.88 Å². The lowest BCUT2D eigenvalue weighted by Gasteiger charge is -2.36. The van der Waals surface area contributed by atoms with Gasteiger partial charge < -0.3 is 15.0 Å². The molecule has 9 nitrogen and oxygen atoms in total. The zero-order valence-corrected chi connectivity index (χ0v) is 16.5. The van der Waals surface area contributed by atoms with E-state index in [1.54, 1.807) is 27.2 Å². The van der Waals surface area contributed by atoms with Crippen molar-refractivity contribution in [3.05, 3.63) is 36.9 Å². The van der Waals surface area contributed by atoms with Gasteiger partial charge in [0.1, 0.15) is 11.8 Å². The first-order valence-electron chi connectivity index (χ1n) is 9.50. The standard InChI is InChI=1S/C19H20F2N8O/c1-27-7-6-14(19(20,21)10-27)24-18-25-17(30-2)16-13(5-8-28(16)26-18)12-3-4-15-22-11-23-29(15)9-12/h3-5,8-9,11,14H,6-7,10H2,1-2H3,(H,24,26). The number of pyridine rings is 1. The topological polar surface area (TPSA) is 84.9 Å². The molecule has 0 bridgehead atoms. The van der Waals surface area contributed by atoms with E-state index in [4.69, 9.17) is 4.74 Å². The van der Waals surface area contributed by atoms with Crippen LogP contribution in [0.25, 0.3) is 22.3 Å². The molecule has 1 unspecified atom stereocenters. The number of fused-ring (bicyclic) bond motifs is 2. The highest BCUT2D eigenvalue weighted by molar-refractivity contribution is 5.84. The van der Waals surface area contributed by atoms with Crippen LogP contribution in [0.2, 0.25) is 0 Å². The van der Waals surface area contributed by atoms with Crippen LogP contribution in [0.15, 0.2) is 36.9 Å². The maximum absolute atomic E-state index is 14.4. The Morgan fingerprint density at radius 3 is 2.90 bits per heavy atom. The van der Waals surface area contributed by atoms with Crippen LogP contribution in [-0.4, -0.2) is 73.3 Å². The molecule has 156 valence electrons. The Bertz CT molecular complexity index is 1220. The molecule has 0 aliphatic carbocycles.